The van der Waals surface area contributed by atoms with Gasteiger partial charge in [0.05, 0.1) is 6.54 Å². The maximum atomic E-state index is 12.7. The number of nitrogens with one attached hydrogen (secondary N) is 1. The number of nitrogens with two attached hydrogens (primary N) is 1. The molecule has 1 unspecified atom stereocenters. The molecular weight excluding hydrogens is 462 g/mol. The summed E-state index contributed by atoms with van der Waals surface area (Å²) in [5.41, 5.74) is 5.49. The monoisotopic (exact) mass is 477 g/mol. The summed E-state index contributed by atoms with van der Waals surface area (Å²) in [6.45, 7) is 0.328. The summed E-state index contributed by atoms with van der Waals surface area (Å²) >= 11 is 2.36. The number of hydrogen-bond acceptors (Lipinski definition) is 12. The van der Waals surface area contributed by atoms with Gasteiger partial charge in [-0.05, 0) is 16.0 Å². The van der Waals surface area contributed by atoms with Crippen LogP contribution in [-0.4, -0.2) is 81.1 Å². The number of aliphatic carboxylic acids is 1. The number of nitrogen functional groups attached to an aromatic ring is 1. The number of thiazole rings is 1. The molecule has 2 aromatic rings. The minimum Gasteiger partial charge on any atom is -0.477 e. The number of hydrogen-bond donors (Lipinski definition) is 4. The quantitative estimate of drug-likeness (QED) is 0.163. The van der Waals surface area contributed by atoms with Gasteiger partial charge in [-0.15, -0.1) is 28.2 Å². The van der Waals surface area contributed by atoms with E-state index >= 15 is 0 Å². The highest BCUT2D eigenvalue weighted by Crippen LogP contribution is 2.40. The van der Waals surface area contributed by atoms with E-state index in [0.717, 1.165) is 16.2 Å². The third-order valence-corrected chi connectivity index (χ3v) is 6.55. The fraction of sp³-hybridized carbons (Fsp3) is 0.250. The average molecular weight is 477 g/mol. The van der Waals surface area contributed by atoms with Gasteiger partial charge in [-0.3, -0.25) is 14.5 Å². The lowest BCUT2D eigenvalue weighted by Crippen LogP contribution is -2.71. The second-order valence-corrected chi connectivity index (χ2v) is 8.49. The Labute approximate surface area is 187 Å². The van der Waals surface area contributed by atoms with Crippen LogP contribution in [0.2, 0.25) is 0 Å². The average Bonchev–Trinajstić information content (AvgIpc) is 3.44. The van der Waals surface area contributed by atoms with E-state index in [1.54, 1.807) is 12.2 Å². The number of thioether (sulfide) groups is 1. The Balaban J connectivity index is 1.48. The number of rotatable bonds is 7. The zero-order valence-corrected chi connectivity index (χ0v) is 17.7. The highest BCUT2D eigenvalue weighted by molar-refractivity contribution is 8.00. The molecule has 14 nitrogen and oxygen atoms in total. The maximum absolute atomic E-state index is 12.7. The second-order valence-electron chi connectivity index (χ2n) is 6.49. The number of aromatic nitrogens is 5. The van der Waals surface area contributed by atoms with Crippen LogP contribution in [0.5, 0.6) is 0 Å². The topological polar surface area (TPSA) is 202 Å². The third-order valence-electron chi connectivity index (χ3n) is 4.57. The molecule has 16 heteroatoms. The predicted octanol–water partition coefficient (Wildman–Crippen LogP) is -1.11. The number of amides is 2. The van der Waals surface area contributed by atoms with Crippen molar-refractivity contribution in [2.24, 2.45) is 5.16 Å². The number of oxime groups is 1. The highest BCUT2D eigenvalue weighted by atomic mass is 32.2. The molecule has 0 aromatic carbocycles. The van der Waals surface area contributed by atoms with Crippen LogP contribution in [0.1, 0.15) is 5.69 Å². The van der Waals surface area contributed by atoms with Gasteiger partial charge in [0.2, 0.25) is 0 Å². The van der Waals surface area contributed by atoms with Crippen molar-refractivity contribution in [1.29, 1.82) is 0 Å². The molecule has 0 spiro atoms. The van der Waals surface area contributed by atoms with Gasteiger partial charge in [0.15, 0.2) is 10.8 Å². The Hall–Kier alpha value is -3.79. The van der Waals surface area contributed by atoms with E-state index in [2.05, 4.69) is 31.0 Å². The molecule has 0 aliphatic carbocycles. The maximum Gasteiger partial charge on any atom is 0.352 e. The van der Waals surface area contributed by atoms with Crippen molar-refractivity contribution in [2.75, 3.05) is 11.5 Å². The fourth-order valence-electron chi connectivity index (χ4n) is 3.16. The molecule has 166 valence electrons. The first-order chi connectivity index (χ1) is 15.4. The molecule has 32 heavy (non-hydrogen) atoms. The van der Waals surface area contributed by atoms with Gasteiger partial charge >= 0.3 is 5.97 Å². The molecular formula is C16H15N9O5S2. The Morgan fingerprint density at radius 2 is 2.25 bits per heavy atom. The van der Waals surface area contributed by atoms with Crippen LogP contribution in [-0.2, 0) is 20.9 Å². The lowest BCUT2D eigenvalue weighted by Gasteiger charge is -2.49. The lowest BCUT2D eigenvalue weighted by atomic mass is 10.0. The largest absolute Gasteiger partial charge is 0.477 e. The first-order valence-corrected chi connectivity index (χ1v) is 10.9. The molecule has 2 aliphatic heterocycles. The molecule has 2 atom stereocenters. The van der Waals surface area contributed by atoms with Crippen molar-refractivity contribution in [2.45, 2.75) is 18.0 Å². The van der Waals surface area contributed by atoms with Crippen LogP contribution < -0.4 is 11.1 Å². The number of β-lactam (4-membered cyclic amide) rings is 1. The van der Waals surface area contributed by atoms with Crippen LogP contribution in [0, 0.1) is 0 Å². The number of tetrazole rings is 1. The molecule has 5 N–H and O–H groups in total. The SMILES string of the molecule is Nc1nc(C(=NO)C(=O)NC2C(=O)N3C(C(=O)O)=C(/C=C/Cn4cnnn4)CS[C@@H]23)cs1. The van der Waals surface area contributed by atoms with Gasteiger partial charge in [-0.1, -0.05) is 17.3 Å². The third kappa shape index (κ3) is 3.92. The van der Waals surface area contributed by atoms with Gasteiger partial charge in [0, 0.05) is 11.1 Å². The molecule has 1 saturated heterocycles. The number of nitrogens with zero attached hydrogens (tertiary/aromatic N) is 7. The summed E-state index contributed by atoms with van der Waals surface area (Å²) in [4.78, 5) is 42.1. The second kappa shape index (κ2) is 8.75. The zero-order chi connectivity index (χ0) is 22.8. The van der Waals surface area contributed by atoms with E-state index in [1.807, 2.05) is 0 Å². The Bertz CT molecular complexity index is 1160. The van der Waals surface area contributed by atoms with Crippen molar-refractivity contribution >= 4 is 51.7 Å². The number of allylic oxidation sites excluding steroid dienone is 2. The van der Waals surface area contributed by atoms with Gasteiger partial charge in [0.1, 0.15) is 29.1 Å². The predicted molar refractivity (Wildman–Crippen MR) is 111 cm³/mol. The van der Waals surface area contributed by atoms with E-state index in [9.17, 15) is 24.7 Å². The van der Waals surface area contributed by atoms with Crippen molar-refractivity contribution in [1.82, 2.24) is 35.4 Å². The first-order valence-electron chi connectivity index (χ1n) is 8.93. The molecule has 1 fully saturated rings. The zero-order valence-electron chi connectivity index (χ0n) is 16.0. The standard InChI is InChI=1S/C16H15N9O5S2/c17-16-19-8(5-32-16)9(21-30)12(26)20-10-13(27)25-11(15(28)29)7(4-31-14(10)25)2-1-3-24-6-18-22-23-24/h1-2,5-6,10,14,30H,3-4H2,(H2,17,19)(H,20,26)(H,28,29)/b2-1+,21-9?/t10?,14-/m0/s1. The smallest absolute Gasteiger partial charge is 0.352 e. The van der Waals surface area contributed by atoms with Gasteiger partial charge < -0.3 is 21.4 Å². The van der Waals surface area contributed by atoms with Gasteiger partial charge in [-0.2, -0.15) is 0 Å². The van der Waals surface area contributed by atoms with Crippen LogP contribution in [0.4, 0.5) is 5.13 Å². The van der Waals surface area contributed by atoms with Crippen LogP contribution in [0.25, 0.3) is 0 Å². The van der Waals surface area contributed by atoms with Crippen LogP contribution in [0.15, 0.2) is 40.3 Å². The molecule has 0 bridgehead atoms. The number of carboxylic acid groups (broad SMARTS) is 1. The highest BCUT2D eigenvalue weighted by Gasteiger charge is 2.54. The molecule has 2 amide bonds. The molecule has 2 aromatic heterocycles. The summed E-state index contributed by atoms with van der Waals surface area (Å²) in [5.74, 6) is -2.37. The number of carbonyl (C=O) groups is 3. The summed E-state index contributed by atoms with van der Waals surface area (Å²) in [7, 11) is 0. The number of carbonyl (C=O) groups excluding carboxylic acids is 2. The van der Waals surface area contributed by atoms with E-state index in [-0.39, 0.29) is 16.5 Å². The molecule has 2 aliphatic rings. The summed E-state index contributed by atoms with van der Waals surface area (Å²) in [6, 6.07) is -0.985. The Morgan fingerprint density at radius 1 is 1.44 bits per heavy atom. The van der Waals surface area contributed by atoms with Crippen molar-refractivity contribution in [3.05, 3.63) is 40.8 Å². The molecule has 4 rings (SSSR count). The summed E-state index contributed by atoms with van der Waals surface area (Å²) in [5, 5.41) is 36.1. The van der Waals surface area contributed by atoms with Gasteiger partial charge in [0.25, 0.3) is 11.8 Å². The first kappa shape index (κ1) is 21.4. The minimum atomic E-state index is -1.26. The van der Waals surface area contributed by atoms with Crippen molar-refractivity contribution < 1.29 is 24.7 Å². The molecule has 0 radical (unpaired) electrons. The number of anilines is 1. The van der Waals surface area contributed by atoms with E-state index in [0.29, 0.717) is 17.9 Å². The van der Waals surface area contributed by atoms with E-state index in [1.165, 1.54) is 28.2 Å². The van der Waals surface area contributed by atoms with Crippen molar-refractivity contribution in [3.63, 3.8) is 0 Å². The summed E-state index contributed by atoms with van der Waals surface area (Å²) in [6.07, 6.45) is 4.71. The molecule has 0 saturated carbocycles. The number of fused-ring (bicyclic) bond motifs is 1. The van der Waals surface area contributed by atoms with Gasteiger partial charge in [-0.25, -0.2) is 14.5 Å². The number of carboxylic acids is 1. The minimum absolute atomic E-state index is 0.0635. The fourth-order valence-corrected chi connectivity index (χ4v) is 5.02. The van der Waals surface area contributed by atoms with Crippen LogP contribution in [0.3, 0.4) is 0 Å². The van der Waals surface area contributed by atoms with E-state index < -0.39 is 34.9 Å². The van der Waals surface area contributed by atoms with Crippen LogP contribution >= 0.6 is 23.1 Å². The van der Waals surface area contributed by atoms with Crippen molar-refractivity contribution in [3.8, 4) is 0 Å². The lowest BCUT2D eigenvalue weighted by molar-refractivity contribution is -0.150. The Morgan fingerprint density at radius 3 is 2.88 bits per heavy atom. The normalized spacial score (nSPS) is 20.9. The molecule has 4 heterocycles. The summed E-state index contributed by atoms with van der Waals surface area (Å²) < 4.78 is 1.45. The Kier molecular flexibility index (Phi) is 5.87. The van der Waals surface area contributed by atoms with E-state index in [4.69, 9.17) is 5.73 Å².